The molecular formula is C14H18O3. The molecule has 0 spiro atoms. The molecule has 0 radical (unpaired) electrons. The molecule has 0 aliphatic carbocycles. The monoisotopic (exact) mass is 234 g/mol. The Hall–Kier alpha value is -1.51. The third kappa shape index (κ3) is 2.28. The van der Waals surface area contributed by atoms with Crippen molar-refractivity contribution in [3.05, 3.63) is 29.3 Å². The van der Waals surface area contributed by atoms with E-state index < -0.39 is 11.9 Å². The van der Waals surface area contributed by atoms with Crippen molar-refractivity contribution < 1.29 is 14.6 Å². The van der Waals surface area contributed by atoms with Crippen LogP contribution < -0.4 is 4.74 Å². The predicted octanol–water partition coefficient (Wildman–Crippen LogP) is 2.98. The fourth-order valence-corrected chi connectivity index (χ4v) is 2.16. The lowest BCUT2D eigenvalue weighted by molar-refractivity contribution is -0.138. The Morgan fingerprint density at radius 2 is 2.18 bits per heavy atom. The average Bonchev–Trinajstić information content (AvgIpc) is 2.26. The molecule has 92 valence electrons. The zero-order chi connectivity index (χ0) is 12.6. The first-order valence-corrected chi connectivity index (χ1v) is 5.94. The highest BCUT2D eigenvalue weighted by atomic mass is 16.5. The number of carbonyl (C=O) groups is 1. The fourth-order valence-electron chi connectivity index (χ4n) is 2.16. The average molecular weight is 234 g/mol. The smallest absolute Gasteiger partial charge is 0.310 e. The standard InChI is InChI=1S/C14H18O3/c1-9(13(15)16)11-6-4-5-10-7-8-14(2,3)17-12(10)11/h4-6,9H,7-8H2,1-3H3,(H,15,16). The Bertz CT molecular complexity index is 449. The summed E-state index contributed by atoms with van der Waals surface area (Å²) in [5.74, 6) is -0.567. The van der Waals surface area contributed by atoms with Crippen LogP contribution in [0.4, 0.5) is 0 Å². The molecule has 0 bridgehead atoms. The normalized spacial score (nSPS) is 19.0. The van der Waals surface area contributed by atoms with Gasteiger partial charge in [-0.05, 0) is 39.2 Å². The molecule has 1 aliphatic rings. The maximum atomic E-state index is 11.1. The molecule has 1 aromatic rings. The molecule has 1 aromatic carbocycles. The Kier molecular flexibility index (Phi) is 2.86. The Balaban J connectivity index is 2.46. The van der Waals surface area contributed by atoms with Crippen LogP contribution in [0.25, 0.3) is 0 Å². The Labute approximate surface area is 101 Å². The molecule has 1 N–H and O–H groups in total. The number of hydrogen-bond donors (Lipinski definition) is 1. The number of benzene rings is 1. The molecule has 3 nitrogen and oxygen atoms in total. The van der Waals surface area contributed by atoms with Gasteiger partial charge in [-0.2, -0.15) is 0 Å². The molecule has 0 aromatic heterocycles. The molecule has 2 rings (SSSR count). The number of rotatable bonds is 2. The van der Waals surface area contributed by atoms with Crippen molar-refractivity contribution in [1.29, 1.82) is 0 Å². The predicted molar refractivity (Wildman–Crippen MR) is 65.5 cm³/mol. The van der Waals surface area contributed by atoms with E-state index in [-0.39, 0.29) is 5.60 Å². The largest absolute Gasteiger partial charge is 0.487 e. The Morgan fingerprint density at radius 3 is 2.82 bits per heavy atom. The third-order valence-corrected chi connectivity index (χ3v) is 3.34. The van der Waals surface area contributed by atoms with Crippen molar-refractivity contribution in [3.8, 4) is 5.75 Å². The van der Waals surface area contributed by atoms with Crippen LogP contribution in [0.2, 0.25) is 0 Å². The number of carboxylic acid groups (broad SMARTS) is 1. The topological polar surface area (TPSA) is 46.5 Å². The highest BCUT2D eigenvalue weighted by Gasteiger charge is 2.30. The molecule has 0 saturated heterocycles. The minimum Gasteiger partial charge on any atom is -0.487 e. The number of hydrogen-bond acceptors (Lipinski definition) is 2. The quantitative estimate of drug-likeness (QED) is 0.855. The molecule has 0 amide bonds. The highest BCUT2D eigenvalue weighted by Crippen LogP contribution is 2.38. The summed E-state index contributed by atoms with van der Waals surface area (Å²) in [5, 5.41) is 9.11. The second-order valence-electron chi connectivity index (χ2n) is 5.26. The lowest BCUT2D eigenvalue weighted by Gasteiger charge is -2.34. The molecular weight excluding hydrogens is 216 g/mol. The van der Waals surface area contributed by atoms with Crippen molar-refractivity contribution in [2.75, 3.05) is 0 Å². The van der Waals surface area contributed by atoms with Gasteiger partial charge in [0.15, 0.2) is 0 Å². The van der Waals surface area contributed by atoms with E-state index in [1.165, 1.54) is 0 Å². The van der Waals surface area contributed by atoms with Gasteiger partial charge in [-0.3, -0.25) is 4.79 Å². The number of ether oxygens (including phenoxy) is 1. The van der Waals surface area contributed by atoms with E-state index >= 15 is 0 Å². The SMILES string of the molecule is CC(C(=O)O)c1cccc2c1OC(C)(C)CC2. The minimum atomic E-state index is -0.814. The number of fused-ring (bicyclic) bond motifs is 1. The van der Waals surface area contributed by atoms with Crippen molar-refractivity contribution in [2.24, 2.45) is 0 Å². The second-order valence-corrected chi connectivity index (χ2v) is 5.26. The Morgan fingerprint density at radius 1 is 1.47 bits per heavy atom. The van der Waals surface area contributed by atoms with Gasteiger partial charge < -0.3 is 9.84 Å². The van der Waals surface area contributed by atoms with Gasteiger partial charge in [0, 0.05) is 5.56 Å². The number of aliphatic carboxylic acids is 1. The van der Waals surface area contributed by atoms with Crippen LogP contribution in [-0.4, -0.2) is 16.7 Å². The summed E-state index contributed by atoms with van der Waals surface area (Å²) in [6.45, 7) is 5.78. The lowest BCUT2D eigenvalue weighted by Crippen LogP contribution is -2.33. The molecule has 1 atom stereocenters. The molecule has 1 heterocycles. The van der Waals surface area contributed by atoms with Crippen LogP contribution in [0.1, 0.15) is 44.2 Å². The van der Waals surface area contributed by atoms with Gasteiger partial charge in [0.25, 0.3) is 0 Å². The van der Waals surface area contributed by atoms with Crippen LogP contribution in [0.15, 0.2) is 18.2 Å². The van der Waals surface area contributed by atoms with Gasteiger partial charge in [0.2, 0.25) is 0 Å². The van der Waals surface area contributed by atoms with Crippen molar-refractivity contribution in [3.63, 3.8) is 0 Å². The van der Waals surface area contributed by atoms with E-state index in [1.54, 1.807) is 6.92 Å². The summed E-state index contributed by atoms with van der Waals surface area (Å²) < 4.78 is 5.96. The van der Waals surface area contributed by atoms with Crippen LogP contribution in [0, 0.1) is 0 Å². The van der Waals surface area contributed by atoms with Gasteiger partial charge in [-0.15, -0.1) is 0 Å². The molecule has 3 heteroatoms. The first-order valence-electron chi connectivity index (χ1n) is 5.94. The van der Waals surface area contributed by atoms with Crippen LogP contribution in [-0.2, 0) is 11.2 Å². The summed E-state index contributed by atoms with van der Waals surface area (Å²) in [6, 6.07) is 5.77. The maximum absolute atomic E-state index is 11.1. The van der Waals surface area contributed by atoms with Crippen LogP contribution in [0.5, 0.6) is 5.75 Å². The molecule has 1 unspecified atom stereocenters. The summed E-state index contributed by atoms with van der Waals surface area (Å²) >= 11 is 0. The van der Waals surface area contributed by atoms with Gasteiger partial charge in [-0.1, -0.05) is 18.2 Å². The van der Waals surface area contributed by atoms with Gasteiger partial charge in [0.05, 0.1) is 5.92 Å². The summed E-state index contributed by atoms with van der Waals surface area (Å²) in [6.07, 6.45) is 1.91. The van der Waals surface area contributed by atoms with Crippen LogP contribution in [0.3, 0.4) is 0 Å². The second kappa shape index (κ2) is 4.06. The number of carboxylic acids is 1. The van der Waals surface area contributed by atoms with Gasteiger partial charge in [0.1, 0.15) is 11.4 Å². The van der Waals surface area contributed by atoms with Crippen LogP contribution >= 0.6 is 0 Å². The van der Waals surface area contributed by atoms with Gasteiger partial charge in [-0.25, -0.2) is 0 Å². The van der Waals surface area contributed by atoms with Crippen molar-refractivity contribution >= 4 is 5.97 Å². The minimum absolute atomic E-state index is 0.207. The van der Waals surface area contributed by atoms with E-state index in [9.17, 15) is 4.79 Å². The third-order valence-electron chi connectivity index (χ3n) is 3.34. The molecule has 0 fully saturated rings. The fraction of sp³-hybridized carbons (Fsp3) is 0.500. The number of aryl methyl sites for hydroxylation is 1. The van der Waals surface area contributed by atoms with Crippen molar-refractivity contribution in [1.82, 2.24) is 0 Å². The molecule has 17 heavy (non-hydrogen) atoms. The highest BCUT2D eigenvalue weighted by molar-refractivity contribution is 5.77. The molecule has 0 saturated carbocycles. The van der Waals surface area contributed by atoms with Crippen molar-refractivity contribution in [2.45, 2.75) is 45.1 Å². The van der Waals surface area contributed by atoms with E-state index in [1.807, 2.05) is 32.0 Å². The first-order chi connectivity index (χ1) is 7.91. The summed E-state index contributed by atoms with van der Waals surface area (Å²) in [7, 11) is 0. The maximum Gasteiger partial charge on any atom is 0.310 e. The zero-order valence-electron chi connectivity index (χ0n) is 10.5. The zero-order valence-corrected chi connectivity index (χ0v) is 10.5. The first kappa shape index (κ1) is 12.0. The number of para-hydroxylation sites is 1. The van der Waals surface area contributed by atoms with Gasteiger partial charge >= 0.3 is 5.97 Å². The van der Waals surface area contributed by atoms with E-state index in [4.69, 9.17) is 9.84 Å². The van der Waals surface area contributed by atoms with E-state index in [0.717, 1.165) is 29.7 Å². The lowest BCUT2D eigenvalue weighted by atomic mass is 9.90. The van der Waals surface area contributed by atoms with E-state index in [2.05, 4.69) is 0 Å². The van der Waals surface area contributed by atoms with E-state index in [0.29, 0.717) is 0 Å². The molecule has 1 aliphatic heterocycles. The summed E-state index contributed by atoms with van der Waals surface area (Å²) in [5.41, 5.74) is 1.69. The summed E-state index contributed by atoms with van der Waals surface area (Å²) in [4.78, 5) is 11.1.